The quantitative estimate of drug-likeness (QED) is 0.836. The van der Waals surface area contributed by atoms with Crippen molar-refractivity contribution in [2.75, 3.05) is 31.1 Å². The van der Waals surface area contributed by atoms with Gasteiger partial charge in [-0.25, -0.2) is 9.97 Å². The number of para-hydroxylation sites is 1. The minimum Gasteiger partial charge on any atom is -0.367 e. The lowest BCUT2D eigenvalue weighted by Gasteiger charge is -2.36. The molecule has 1 aliphatic carbocycles. The highest BCUT2D eigenvalue weighted by Crippen LogP contribution is 2.30. The van der Waals surface area contributed by atoms with Crippen LogP contribution in [-0.2, 0) is 0 Å². The van der Waals surface area contributed by atoms with Crippen LogP contribution in [0.5, 0.6) is 0 Å². The molecule has 2 aliphatic rings. The number of fused-ring (bicyclic) bond motifs is 1. The van der Waals surface area contributed by atoms with Crippen molar-refractivity contribution >= 4 is 16.6 Å². The molecule has 0 amide bonds. The van der Waals surface area contributed by atoms with Crippen LogP contribution in [0, 0.1) is 6.92 Å². The number of piperazine rings is 1. The molecule has 1 aromatic carbocycles. The van der Waals surface area contributed by atoms with E-state index < -0.39 is 0 Å². The highest BCUT2D eigenvalue weighted by atomic mass is 15.3. The van der Waals surface area contributed by atoms with Gasteiger partial charge in [-0.2, -0.15) is 0 Å². The Morgan fingerprint density at radius 2 is 1.90 bits per heavy atom. The van der Waals surface area contributed by atoms with Crippen molar-refractivity contribution < 1.29 is 0 Å². The van der Waals surface area contributed by atoms with Crippen molar-refractivity contribution in [2.24, 2.45) is 0 Å². The molecule has 1 aliphatic heterocycles. The first kappa shape index (κ1) is 12.1. The molecule has 1 saturated heterocycles. The second-order valence-electron chi connectivity index (χ2n) is 5.89. The van der Waals surface area contributed by atoms with Crippen LogP contribution in [0.3, 0.4) is 0 Å². The lowest BCUT2D eigenvalue weighted by molar-refractivity contribution is 0.248. The third-order valence-corrected chi connectivity index (χ3v) is 4.43. The molecule has 104 valence electrons. The third kappa shape index (κ3) is 2.14. The van der Waals surface area contributed by atoms with Gasteiger partial charge >= 0.3 is 0 Å². The summed E-state index contributed by atoms with van der Waals surface area (Å²) in [4.78, 5) is 14.1. The van der Waals surface area contributed by atoms with E-state index in [4.69, 9.17) is 0 Å². The average Bonchev–Trinajstić information content (AvgIpc) is 3.31. The summed E-state index contributed by atoms with van der Waals surface area (Å²) in [5.41, 5.74) is 2.36. The SMILES string of the molecule is Cc1ncc2cccc(N3CCN(C4CC4)CC3)c2n1. The smallest absolute Gasteiger partial charge is 0.125 e. The molecule has 0 bridgehead atoms. The Bertz CT molecular complexity index is 627. The molecular formula is C16H20N4. The fourth-order valence-electron chi connectivity index (χ4n) is 3.15. The van der Waals surface area contributed by atoms with Crippen molar-refractivity contribution in [1.29, 1.82) is 0 Å². The van der Waals surface area contributed by atoms with Gasteiger partial charge < -0.3 is 4.90 Å². The number of benzene rings is 1. The lowest BCUT2D eigenvalue weighted by atomic mass is 10.1. The minimum absolute atomic E-state index is 0.849. The van der Waals surface area contributed by atoms with Gasteiger partial charge in [0.25, 0.3) is 0 Å². The molecular weight excluding hydrogens is 248 g/mol. The van der Waals surface area contributed by atoms with E-state index >= 15 is 0 Å². The maximum atomic E-state index is 4.65. The molecule has 0 spiro atoms. The Labute approximate surface area is 119 Å². The zero-order valence-corrected chi connectivity index (χ0v) is 11.9. The van der Waals surface area contributed by atoms with Crippen LogP contribution < -0.4 is 4.90 Å². The molecule has 1 saturated carbocycles. The van der Waals surface area contributed by atoms with Crippen molar-refractivity contribution in [3.63, 3.8) is 0 Å². The van der Waals surface area contributed by atoms with E-state index in [0.29, 0.717) is 0 Å². The van der Waals surface area contributed by atoms with Crippen LogP contribution in [0.4, 0.5) is 5.69 Å². The number of aromatic nitrogens is 2. The summed E-state index contributed by atoms with van der Waals surface area (Å²) in [5.74, 6) is 0.849. The fourth-order valence-corrected chi connectivity index (χ4v) is 3.15. The zero-order valence-electron chi connectivity index (χ0n) is 11.9. The van der Waals surface area contributed by atoms with Gasteiger partial charge in [0, 0.05) is 43.8 Å². The number of rotatable bonds is 2. The third-order valence-electron chi connectivity index (χ3n) is 4.43. The van der Waals surface area contributed by atoms with Crippen molar-refractivity contribution in [2.45, 2.75) is 25.8 Å². The van der Waals surface area contributed by atoms with Crippen LogP contribution in [0.25, 0.3) is 10.9 Å². The minimum atomic E-state index is 0.849. The molecule has 2 heterocycles. The summed E-state index contributed by atoms with van der Waals surface area (Å²) < 4.78 is 0. The van der Waals surface area contributed by atoms with E-state index in [1.165, 1.54) is 31.6 Å². The van der Waals surface area contributed by atoms with Gasteiger partial charge in [0.15, 0.2) is 0 Å². The van der Waals surface area contributed by atoms with E-state index in [0.717, 1.165) is 35.9 Å². The first-order valence-electron chi connectivity index (χ1n) is 7.52. The van der Waals surface area contributed by atoms with Crippen LogP contribution in [0.15, 0.2) is 24.4 Å². The maximum absolute atomic E-state index is 4.65. The summed E-state index contributed by atoms with van der Waals surface area (Å²) in [6, 6.07) is 7.29. The molecule has 20 heavy (non-hydrogen) atoms. The van der Waals surface area contributed by atoms with E-state index in [-0.39, 0.29) is 0 Å². The highest BCUT2D eigenvalue weighted by Gasteiger charge is 2.31. The van der Waals surface area contributed by atoms with Gasteiger partial charge in [-0.3, -0.25) is 4.90 Å². The maximum Gasteiger partial charge on any atom is 0.125 e. The Balaban J connectivity index is 1.63. The fraction of sp³-hybridized carbons (Fsp3) is 0.500. The summed E-state index contributed by atoms with van der Waals surface area (Å²) in [6.07, 6.45) is 4.74. The summed E-state index contributed by atoms with van der Waals surface area (Å²) in [7, 11) is 0. The molecule has 4 nitrogen and oxygen atoms in total. The van der Waals surface area contributed by atoms with Crippen LogP contribution in [-0.4, -0.2) is 47.1 Å². The number of anilines is 1. The van der Waals surface area contributed by atoms with Crippen LogP contribution in [0.2, 0.25) is 0 Å². The number of hydrogen-bond donors (Lipinski definition) is 0. The summed E-state index contributed by atoms with van der Waals surface area (Å²) in [6.45, 7) is 6.55. The molecule has 4 heteroatoms. The molecule has 0 radical (unpaired) electrons. The van der Waals surface area contributed by atoms with Gasteiger partial charge in [0.2, 0.25) is 0 Å². The number of aryl methyl sites for hydroxylation is 1. The normalized spacial score (nSPS) is 20.6. The lowest BCUT2D eigenvalue weighted by Crippen LogP contribution is -2.47. The predicted molar refractivity (Wildman–Crippen MR) is 81.1 cm³/mol. The van der Waals surface area contributed by atoms with Crippen LogP contribution in [0.1, 0.15) is 18.7 Å². The van der Waals surface area contributed by atoms with E-state index in [2.05, 4.69) is 38.0 Å². The molecule has 0 unspecified atom stereocenters. The Morgan fingerprint density at radius 3 is 2.65 bits per heavy atom. The summed E-state index contributed by atoms with van der Waals surface area (Å²) >= 11 is 0. The average molecular weight is 268 g/mol. The van der Waals surface area contributed by atoms with Gasteiger partial charge in [0.1, 0.15) is 5.82 Å². The van der Waals surface area contributed by atoms with E-state index in [1.807, 2.05) is 13.1 Å². The first-order valence-corrected chi connectivity index (χ1v) is 7.52. The standard InChI is InChI=1S/C16H20N4/c1-12-17-11-13-3-2-4-15(16(13)18-12)20-9-7-19(8-10-20)14-5-6-14/h2-4,11,14H,5-10H2,1H3. The number of hydrogen-bond acceptors (Lipinski definition) is 4. The van der Waals surface area contributed by atoms with E-state index in [1.54, 1.807) is 0 Å². The van der Waals surface area contributed by atoms with E-state index in [9.17, 15) is 0 Å². The topological polar surface area (TPSA) is 32.3 Å². The molecule has 1 aromatic heterocycles. The Morgan fingerprint density at radius 1 is 1.10 bits per heavy atom. The molecule has 4 rings (SSSR count). The molecule has 0 atom stereocenters. The van der Waals surface area contributed by atoms with Gasteiger partial charge in [0.05, 0.1) is 11.2 Å². The van der Waals surface area contributed by atoms with Gasteiger partial charge in [-0.1, -0.05) is 12.1 Å². The number of nitrogens with zero attached hydrogens (tertiary/aromatic N) is 4. The first-order chi connectivity index (χ1) is 9.81. The van der Waals surface area contributed by atoms with Crippen LogP contribution >= 0.6 is 0 Å². The monoisotopic (exact) mass is 268 g/mol. The second-order valence-corrected chi connectivity index (χ2v) is 5.89. The van der Waals surface area contributed by atoms with Crippen molar-refractivity contribution in [3.8, 4) is 0 Å². The van der Waals surface area contributed by atoms with Gasteiger partial charge in [-0.05, 0) is 25.8 Å². The second kappa shape index (κ2) is 4.70. The highest BCUT2D eigenvalue weighted by molar-refractivity contribution is 5.90. The predicted octanol–water partition coefficient (Wildman–Crippen LogP) is 2.22. The Hall–Kier alpha value is -1.68. The van der Waals surface area contributed by atoms with Gasteiger partial charge in [-0.15, -0.1) is 0 Å². The molecule has 2 aromatic rings. The zero-order chi connectivity index (χ0) is 13.5. The largest absolute Gasteiger partial charge is 0.367 e. The van der Waals surface area contributed by atoms with Crippen molar-refractivity contribution in [1.82, 2.24) is 14.9 Å². The summed E-state index contributed by atoms with van der Waals surface area (Å²) in [5, 5.41) is 1.14. The Kier molecular flexibility index (Phi) is 2.84. The molecule has 0 N–H and O–H groups in total. The molecule has 2 fully saturated rings. The van der Waals surface area contributed by atoms with Crippen molar-refractivity contribution in [3.05, 3.63) is 30.2 Å².